The molecule has 5 rings (SSSR count). The lowest BCUT2D eigenvalue weighted by Gasteiger charge is -2.12. The summed E-state index contributed by atoms with van der Waals surface area (Å²) in [6.45, 7) is 12.7. The zero-order valence-electron chi connectivity index (χ0n) is 21.1. The largest absolute Gasteiger partial charge is 0.206 e. The van der Waals surface area contributed by atoms with Gasteiger partial charge in [0.15, 0.2) is 0 Å². The fourth-order valence-electron chi connectivity index (χ4n) is 5.01. The summed E-state index contributed by atoms with van der Waals surface area (Å²) >= 11 is 4.69. The SMILES string of the molecule is Cc1cc(C)c(-n2nnc(-c3cccc(-c4nnn(-c5c(C)cc(C)cc5C)c4I)c3)c2I)c(C)c1. The quantitative estimate of drug-likeness (QED) is 0.186. The molecule has 0 aliphatic carbocycles. The summed E-state index contributed by atoms with van der Waals surface area (Å²) in [5, 5.41) is 18.2. The van der Waals surface area contributed by atoms with E-state index in [4.69, 9.17) is 0 Å². The maximum Gasteiger partial charge on any atom is 0.133 e. The first kappa shape index (κ1) is 25.1. The maximum absolute atomic E-state index is 4.57. The van der Waals surface area contributed by atoms with Crippen molar-refractivity contribution in [1.29, 1.82) is 0 Å². The average Bonchev–Trinajstić information content (AvgIpc) is 3.36. The van der Waals surface area contributed by atoms with Crippen molar-refractivity contribution in [3.05, 3.63) is 89.3 Å². The van der Waals surface area contributed by atoms with E-state index < -0.39 is 0 Å². The Morgan fingerprint density at radius 1 is 0.556 bits per heavy atom. The van der Waals surface area contributed by atoms with Crippen LogP contribution in [0.1, 0.15) is 33.4 Å². The van der Waals surface area contributed by atoms with Gasteiger partial charge in [-0.3, -0.25) is 0 Å². The van der Waals surface area contributed by atoms with Gasteiger partial charge in [0.05, 0.1) is 11.4 Å². The van der Waals surface area contributed by atoms with Crippen molar-refractivity contribution < 1.29 is 0 Å². The fraction of sp³-hybridized carbons (Fsp3) is 0.214. The summed E-state index contributed by atoms with van der Waals surface area (Å²) < 4.78 is 5.83. The Hall–Kier alpha value is -2.60. The van der Waals surface area contributed by atoms with E-state index in [2.05, 4.69) is 150 Å². The van der Waals surface area contributed by atoms with Crippen LogP contribution in [0.3, 0.4) is 0 Å². The highest BCUT2D eigenvalue weighted by Crippen LogP contribution is 2.33. The molecule has 0 aliphatic heterocycles. The highest BCUT2D eigenvalue weighted by atomic mass is 127. The second kappa shape index (κ2) is 9.70. The third kappa shape index (κ3) is 4.38. The van der Waals surface area contributed by atoms with Crippen LogP contribution < -0.4 is 0 Å². The molecule has 36 heavy (non-hydrogen) atoms. The molecule has 2 aromatic heterocycles. The Morgan fingerprint density at radius 3 is 1.28 bits per heavy atom. The number of aryl methyl sites for hydroxylation is 6. The third-order valence-electron chi connectivity index (χ3n) is 6.33. The lowest BCUT2D eigenvalue weighted by molar-refractivity contribution is 0.781. The van der Waals surface area contributed by atoms with Crippen LogP contribution in [0, 0.1) is 48.9 Å². The van der Waals surface area contributed by atoms with Crippen molar-refractivity contribution in [2.75, 3.05) is 0 Å². The molecule has 0 N–H and O–H groups in total. The number of benzene rings is 3. The molecule has 0 spiro atoms. The Bertz CT molecular complexity index is 1470. The van der Waals surface area contributed by atoms with E-state index in [9.17, 15) is 0 Å². The first-order chi connectivity index (χ1) is 17.2. The molecule has 0 saturated carbocycles. The summed E-state index contributed by atoms with van der Waals surface area (Å²) in [4.78, 5) is 0. The normalized spacial score (nSPS) is 11.3. The second-order valence-corrected chi connectivity index (χ2v) is 11.4. The molecule has 6 nitrogen and oxygen atoms in total. The topological polar surface area (TPSA) is 61.4 Å². The number of hydrogen-bond acceptors (Lipinski definition) is 4. The maximum atomic E-state index is 4.57. The molecule has 8 heteroatoms. The Morgan fingerprint density at radius 2 is 0.917 bits per heavy atom. The lowest BCUT2D eigenvalue weighted by atomic mass is 10.0. The van der Waals surface area contributed by atoms with Crippen LogP contribution in [0.2, 0.25) is 0 Å². The van der Waals surface area contributed by atoms with Crippen molar-refractivity contribution in [1.82, 2.24) is 30.0 Å². The predicted octanol–water partition coefficient (Wildman–Crippen LogP) is 7.24. The van der Waals surface area contributed by atoms with E-state index in [0.29, 0.717) is 0 Å². The molecule has 0 unspecified atom stereocenters. The molecule has 2 heterocycles. The lowest BCUT2D eigenvalue weighted by Crippen LogP contribution is -2.05. The molecule has 0 atom stereocenters. The van der Waals surface area contributed by atoms with Crippen LogP contribution in [0.4, 0.5) is 0 Å². The molecular formula is C28H26I2N6. The van der Waals surface area contributed by atoms with Gasteiger partial charge in [0.25, 0.3) is 0 Å². The van der Waals surface area contributed by atoms with Gasteiger partial charge < -0.3 is 0 Å². The van der Waals surface area contributed by atoms with Crippen molar-refractivity contribution >= 4 is 45.2 Å². The van der Waals surface area contributed by atoms with Gasteiger partial charge in [-0.1, -0.05) is 64.0 Å². The summed E-state index contributed by atoms with van der Waals surface area (Å²) in [7, 11) is 0. The van der Waals surface area contributed by atoms with E-state index >= 15 is 0 Å². The van der Waals surface area contributed by atoms with E-state index in [1.807, 2.05) is 15.4 Å². The first-order valence-electron chi connectivity index (χ1n) is 11.7. The monoisotopic (exact) mass is 700 g/mol. The van der Waals surface area contributed by atoms with Crippen molar-refractivity contribution in [2.24, 2.45) is 0 Å². The fourth-order valence-corrected chi connectivity index (χ4v) is 6.52. The molecule has 0 saturated heterocycles. The molecule has 3 aromatic carbocycles. The van der Waals surface area contributed by atoms with Gasteiger partial charge in [-0.25, -0.2) is 9.36 Å². The first-order valence-corrected chi connectivity index (χ1v) is 13.8. The minimum atomic E-state index is 0.851. The van der Waals surface area contributed by atoms with Crippen LogP contribution in [0.15, 0.2) is 48.5 Å². The van der Waals surface area contributed by atoms with Gasteiger partial charge in [0.1, 0.15) is 18.8 Å². The Kier molecular flexibility index (Phi) is 6.75. The summed E-state index contributed by atoms with van der Waals surface area (Å²) in [5.41, 5.74) is 13.1. The second-order valence-electron chi connectivity index (χ2n) is 9.36. The predicted molar refractivity (Wildman–Crippen MR) is 161 cm³/mol. The van der Waals surface area contributed by atoms with Crippen molar-refractivity contribution in [3.63, 3.8) is 0 Å². The van der Waals surface area contributed by atoms with Crippen molar-refractivity contribution in [2.45, 2.75) is 41.5 Å². The molecule has 0 bridgehead atoms. The smallest absolute Gasteiger partial charge is 0.133 e. The number of halogens is 2. The van der Waals surface area contributed by atoms with E-state index in [1.54, 1.807) is 0 Å². The van der Waals surface area contributed by atoms with E-state index in [0.717, 1.165) is 41.3 Å². The van der Waals surface area contributed by atoms with Crippen LogP contribution in [-0.2, 0) is 0 Å². The van der Waals surface area contributed by atoms with Gasteiger partial charge in [-0.15, -0.1) is 10.2 Å². The Labute approximate surface area is 238 Å². The highest BCUT2D eigenvalue weighted by molar-refractivity contribution is 14.1. The third-order valence-corrected chi connectivity index (χ3v) is 8.27. The van der Waals surface area contributed by atoms with Crippen LogP contribution in [0.5, 0.6) is 0 Å². The van der Waals surface area contributed by atoms with E-state index in [1.165, 1.54) is 33.4 Å². The van der Waals surface area contributed by atoms with Gasteiger partial charge in [0.2, 0.25) is 0 Å². The summed E-state index contributed by atoms with van der Waals surface area (Å²) in [5.74, 6) is 0. The Balaban J connectivity index is 1.56. The van der Waals surface area contributed by atoms with Crippen molar-refractivity contribution in [3.8, 4) is 33.9 Å². The van der Waals surface area contributed by atoms with Crippen LogP contribution in [0.25, 0.3) is 33.9 Å². The zero-order valence-corrected chi connectivity index (χ0v) is 25.4. The number of rotatable bonds is 4. The van der Waals surface area contributed by atoms with Gasteiger partial charge in [-0.05, 0) is 115 Å². The van der Waals surface area contributed by atoms with Gasteiger partial charge in [-0.2, -0.15) is 0 Å². The molecule has 182 valence electrons. The summed E-state index contributed by atoms with van der Waals surface area (Å²) in [6, 6.07) is 17.0. The molecular weight excluding hydrogens is 674 g/mol. The van der Waals surface area contributed by atoms with E-state index in [-0.39, 0.29) is 0 Å². The molecule has 0 fully saturated rings. The standard InChI is InChI=1S/C28H26I2N6/c1-15-10-17(3)25(18(4)11-15)35-27(29)23(31-33-35)21-8-7-9-22(14-21)24-28(30)36(34-32-24)26-19(5)12-16(2)13-20(26)6/h7-14H,1-6H3. The highest BCUT2D eigenvalue weighted by Gasteiger charge is 2.20. The number of nitrogens with zero attached hydrogens (tertiary/aromatic N) is 6. The van der Waals surface area contributed by atoms with Gasteiger partial charge >= 0.3 is 0 Å². The molecule has 5 aromatic rings. The minimum absolute atomic E-state index is 0.851. The molecule has 0 radical (unpaired) electrons. The zero-order chi connectivity index (χ0) is 25.7. The number of aromatic nitrogens is 6. The van der Waals surface area contributed by atoms with Crippen LogP contribution >= 0.6 is 45.2 Å². The molecule has 0 amide bonds. The average molecular weight is 700 g/mol. The van der Waals surface area contributed by atoms with Crippen LogP contribution in [-0.4, -0.2) is 30.0 Å². The summed E-state index contributed by atoms with van der Waals surface area (Å²) in [6.07, 6.45) is 0. The number of hydrogen-bond donors (Lipinski definition) is 0. The minimum Gasteiger partial charge on any atom is -0.206 e. The molecule has 0 aliphatic rings. The van der Waals surface area contributed by atoms with Gasteiger partial charge in [0, 0.05) is 11.1 Å².